The Morgan fingerprint density at radius 2 is 2.24 bits per heavy atom. The zero-order valence-electron chi connectivity index (χ0n) is 12.9. The number of nitrogens with zero attached hydrogens (tertiary/aromatic N) is 1. The maximum absolute atomic E-state index is 12.4. The van der Waals surface area contributed by atoms with Crippen molar-refractivity contribution in [2.24, 2.45) is 5.92 Å². The Balaban J connectivity index is 1.94. The monoisotopic (exact) mass is 307 g/mol. The molecule has 0 heterocycles. The standard InChI is InChI=1S/C17H25NO2S/c1-13(10-19)11-21-12-17(20)18(2)16-9-5-7-14-6-3-4-8-15(14)16/h3-4,6,8,13,16,19H,5,7,9-12H2,1-2H3. The lowest BCUT2D eigenvalue weighted by atomic mass is 9.87. The van der Waals surface area contributed by atoms with Crippen LogP contribution in [0.15, 0.2) is 24.3 Å². The van der Waals surface area contributed by atoms with E-state index in [-0.39, 0.29) is 24.5 Å². The van der Waals surface area contributed by atoms with Crippen molar-refractivity contribution in [1.82, 2.24) is 4.90 Å². The van der Waals surface area contributed by atoms with Crippen LogP contribution in [-0.2, 0) is 11.2 Å². The topological polar surface area (TPSA) is 40.5 Å². The molecule has 0 aromatic heterocycles. The van der Waals surface area contributed by atoms with Crippen LogP contribution in [-0.4, -0.2) is 41.1 Å². The fourth-order valence-corrected chi connectivity index (χ4v) is 3.81. The van der Waals surface area contributed by atoms with Crippen molar-refractivity contribution in [3.8, 4) is 0 Å². The number of aryl methyl sites for hydroxylation is 1. The number of thioether (sulfide) groups is 1. The molecule has 4 heteroatoms. The molecule has 116 valence electrons. The molecule has 21 heavy (non-hydrogen) atoms. The van der Waals surface area contributed by atoms with Crippen LogP contribution in [0.3, 0.4) is 0 Å². The van der Waals surface area contributed by atoms with E-state index in [0.717, 1.165) is 25.0 Å². The third-order valence-electron chi connectivity index (χ3n) is 4.14. The van der Waals surface area contributed by atoms with Crippen molar-refractivity contribution in [2.75, 3.05) is 25.2 Å². The summed E-state index contributed by atoms with van der Waals surface area (Å²) in [6, 6.07) is 8.70. The predicted octanol–water partition coefficient (Wildman–Crippen LogP) is 2.88. The molecule has 0 saturated heterocycles. The van der Waals surface area contributed by atoms with Gasteiger partial charge in [0.05, 0.1) is 11.8 Å². The second-order valence-corrected chi connectivity index (χ2v) is 6.94. The SMILES string of the molecule is CC(CO)CSCC(=O)N(C)C1CCCc2ccccc21. The Kier molecular flexibility index (Phi) is 6.12. The number of carbonyl (C=O) groups is 1. The molecule has 1 aliphatic carbocycles. The normalized spacial score (nSPS) is 18.9. The van der Waals surface area contributed by atoms with Gasteiger partial charge in [-0.3, -0.25) is 4.79 Å². The van der Waals surface area contributed by atoms with Crippen LogP contribution in [0, 0.1) is 5.92 Å². The Morgan fingerprint density at radius 3 is 3.00 bits per heavy atom. The zero-order chi connectivity index (χ0) is 15.2. The average Bonchev–Trinajstić information content (AvgIpc) is 2.53. The predicted molar refractivity (Wildman–Crippen MR) is 88.5 cm³/mol. The van der Waals surface area contributed by atoms with Crippen molar-refractivity contribution in [3.05, 3.63) is 35.4 Å². The van der Waals surface area contributed by atoms with Gasteiger partial charge in [0.1, 0.15) is 0 Å². The van der Waals surface area contributed by atoms with Crippen LogP contribution in [0.25, 0.3) is 0 Å². The highest BCUT2D eigenvalue weighted by Crippen LogP contribution is 2.33. The highest BCUT2D eigenvalue weighted by atomic mass is 32.2. The maximum Gasteiger partial charge on any atom is 0.232 e. The molecule has 2 rings (SSSR count). The average molecular weight is 307 g/mol. The number of amides is 1. The summed E-state index contributed by atoms with van der Waals surface area (Å²) >= 11 is 1.62. The number of hydrogen-bond donors (Lipinski definition) is 1. The summed E-state index contributed by atoms with van der Waals surface area (Å²) in [5, 5.41) is 9.01. The van der Waals surface area contributed by atoms with E-state index in [1.165, 1.54) is 11.1 Å². The van der Waals surface area contributed by atoms with E-state index in [1.54, 1.807) is 11.8 Å². The van der Waals surface area contributed by atoms with Gasteiger partial charge in [-0.2, -0.15) is 11.8 Å². The Labute approximate surface area is 131 Å². The van der Waals surface area contributed by atoms with Crippen LogP contribution in [0.2, 0.25) is 0 Å². The molecular weight excluding hydrogens is 282 g/mol. The molecule has 1 amide bonds. The molecule has 3 nitrogen and oxygen atoms in total. The molecule has 0 saturated carbocycles. The molecule has 1 aliphatic rings. The van der Waals surface area contributed by atoms with Gasteiger partial charge in [-0.25, -0.2) is 0 Å². The van der Waals surface area contributed by atoms with Crippen LogP contribution < -0.4 is 0 Å². The molecule has 0 spiro atoms. The van der Waals surface area contributed by atoms with E-state index < -0.39 is 0 Å². The number of fused-ring (bicyclic) bond motifs is 1. The fraction of sp³-hybridized carbons (Fsp3) is 0.588. The first-order chi connectivity index (χ1) is 10.1. The lowest BCUT2D eigenvalue weighted by Crippen LogP contribution is -2.34. The second kappa shape index (κ2) is 7.85. The molecule has 0 bridgehead atoms. The number of hydrogen-bond acceptors (Lipinski definition) is 3. The summed E-state index contributed by atoms with van der Waals surface area (Å²) in [4.78, 5) is 14.3. The Bertz CT molecular complexity index is 478. The van der Waals surface area contributed by atoms with Gasteiger partial charge in [0.15, 0.2) is 0 Å². The molecule has 1 N–H and O–H groups in total. The lowest BCUT2D eigenvalue weighted by Gasteiger charge is -2.33. The van der Waals surface area contributed by atoms with E-state index in [2.05, 4.69) is 24.3 Å². The summed E-state index contributed by atoms with van der Waals surface area (Å²) in [5.41, 5.74) is 2.70. The van der Waals surface area contributed by atoms with Gasteiger partial charge in [-0.15, -0.1) is 0 Å². The number of benzene rings is 1. The summed E-state index contributed by atoms with van der Waals surface area (Å²) < 4.78 is 0. The van der Waals surface area contributed by atoms with Gasteiger partial charge in [0, 0.05) is 13.7 Å². The number of rotatable bonds is 6. The second-order valence-electron chi connectivity index (χ2n) is 5.91. The van der Waals surface area contributed by atoms with E-state index >= 15 is 0 Å². The van der Waals surface area contributed by atoms with E-state index in [1.807, 2.05) is 18.9 Å². The van der Waals surface area contributed by atoms with Crippen LogP contribution in [0.5, 0.6) is 0 Å². The largest absolute Gasteiger partial charge is 0.396 e. The number of carbonyl (C=O) groups excluding carboxylic acids is 1. The third-order valence-corrected chi connectivity index (χ3v) is 5.39. The van der Waals surface area contributed by atoms with Crippen molar-refractivity contribution in [2.45, 2.75) is 32.2 Å². The molecule has 2 unspecified atom stereocenters. The minimum absolute atomic E-state index is 0.187. The fourth-order valence-electron chi connectivity index (χ4n) is 2.81. The van der Waals surface area contributed by atoms with Crippen LogP contribution in [0.1, 0.15) is 36.9 Å². The molecule has 0 fully saturated rings. The molecular formula is C17H25NO2S. The van der Waals surface area contributed by atoms with Crippen molar-refractivity contribution in [1.29, 1.82) is 0 Å². The number of aliphatic hydroxyl groups excluding tert-OH is 1. The molecule has 2 atom stereocenters. The highest BCUT2D eigenvalue weighted by molar-refractivity contribution is 7.99. The van der Waals surface area contributed by atoms with Gasteiger partial charge in [-0.1, -0.05) is 31.2 Å². The number of aliphatic hydroxyl groups is 1. The first kappa shape index (κ1) is 16.4. The van der Waals surface area contributed by atoms with E-state index in [0.29, 0.717) is 5.75 Å². The highest BCUT2D eigenvalue weighted by Gasteiger charge is 2.26. The molecule has 1 aromatic rings. The van der Waals surface area contributed by atoms with Gasteiger partial charge in [0.2, 0.25) is 5.91 Å². The van der Waals surface area contributed by atoms with Gasteiger partial charge in [0.25, 0.3) is 0 Å². The van der Waals surface area contributed by atoms with E-state index in [4.69, 9.17) is 5.11 Å². The first-order valence-corrected chi connectivity index (χ1v) is 8.81. The minimum atomic E-state index is 0.187. The third kappa shape index (κ3) is 4.24. The van der Waals surface area contributed by atoms with Crippen molar-refractivity contribution >= 4 is 17.7 Å². The van der Waals surface area contributed by atoms with E-state index in [9.17, 15) is 4.79 Å². The molecule has 1 aromatic carbocycles. The zero-order valence-corrected chi connectivity index (χ0v) is 13.7. The maximum atomic E-state index is 12.4. The van der Waals surface area contributed by atoms with Gasteiger partial charge >= 0.3 is 0 Å². The Morgan fingerprint density at radius 1 is 1.48 bits per heavy atom. The summed E-state index contributed by atoms with van der Waals surface area (Å²) in [7, 11) is 1.92. The summed E-state index contributed by atoms with van der Waals surface area (Å²) in [6.07, 6.45) is 3.32. The van der Waals surface area contributed by atoms with Crippen LogP contribution >= 0.6 is 11.8 Å². The van der Waals surface area contributed by atoms with Gasteiger partial charge in [-0.05, 0) is 42.1 Å². The molecule has 0 aliphatic heterocycles. The Hall–Kier alpha value is -1.00. The molecule has 0 radical (unpaired) electrons. The quantitative estimate of drug-likeness (QED) is 0.878. The summed E-state index contributed by atoms with van der Waals surface area (Å²) in [6.45, 7) is 2.19. The first-order valence-electron chi connectivity index (χ1n) is 7.65. The van der Waals surface area contributed by atoms with Gasteiger partial charge < -0.3 is 10.0 Å². The summed E-state index contributed by atoms with van der Waals surface area (Å²) in [5.74, 6) is 1.77. The van der Waals surface area contributed by atoms with Crippen LogP contribution in [0.4, 0.5) is 0 Å². The van der Waals surface area contributed by atoms with Crippen molar-refractivity contribution < 1.29 is 9.90 Å². The lowest BCUT2D eigenvalue weighted by molar-refractivity contribution is -0.129. The minimum Gasteiger partial charge on any atom is -0.396 e. The van der Waals surface area contributed by atoms with Crippen molar-refractivity contribution in [3.63, 3.8) is 0 Å². The smallest absolute Gasteiger partial charge is 0.232 e.